The minimum absolute atomic E-state index is 0.0534. The molecule has 0 radical (unpaired) electrons. The van der Waals surface area contributed by atoms with E-state index in [9.17, 15) is 4.79 Å². The second kappa shape index (κ2) is 7.21. The summed E-state index contributed by atoms with van der Waals surface area (Å²) in [5.41, 5.74) is 0.688. The van der Waals surface area contributed by atoms with Gasteiger partial charge in [0.05, 0.1) is 6.61 Å². The van der Waals surface area contributed by atoms with Gasteiger partial charge in [0.2, 0.25) is 11.8 Å². The summed E-state index contributed by atoms with van der Waals surface area (Å²) in [4.78, 5) is 19.2. The molecule has 0 aromatic carbocycles. The summed E-state index contributed by atoms with van der Waals surface area (Å²) in [5.74, 6) is 1.88. The van der Waals surface area contributed by atoms with Crippen LogP contribution in [0.2, 0.25) is 0 Å². The molecule has 1 unspecified atom stereocenters. The summed E-state index contributed by atoms with van der Waals surface area (Å²) >= 11 is 0. The van der Waals surface area contributed by atoms with Crippen LogP contribution in [-0.4, -0.2) is 33.7 Å². The predicted octanol–water partition coefficient (Wildman–Crippen LogP) is 1.46. The molecule has 19 heavy (non-hydrogen) atoms. The topological polar surface area (TPSA) is 84.3 Å². The van der Waals surface area contributed by atoms with Crippen molar-refractivity contribution < 1.29 is 14.6 Å². The number of anilines is 1. The molecule has 0 fully saturated rings. The average molecular weight is 263 g/mol. The maximum Gasteiger partial charge on any atom is 0.327 e. The summed E-state index contributed by atoms with van der Waals surface area (Å²) in [5, 5.41) is 11.7. The lowest BCUT2D eigenvalue weighted by molar-refractivity contribution is -0.137. The molecule has 2 N–H and O–H groups in total. The number of hydrogen-bond acceptors (Lipinski definition) is 5. The minimum Gasteiger partial charge on any atom is -0.480 e. The highest BCUT2D eigenvalue weighted by atomic mass is 16.5. The molecule has 0 bridgehead atoms. The number of hydrogen-bond donors (Lipinski definition) is 2. The molecule has 1 aromatic rings. The fourth-order valence-electron chi connectivity index (χ4n) is 1.36. The first-order chi connectivity index (χ1) is 9.06. The van der Waals surface area contributed by atoms with Crippen molar-refractivity contribution in [2.45, 2.75) is 32.7 Å². The van der Waals surface area contributed by atoms with Gasteiger partial charge in [-0.3, -0.25) is 0 Å². The molecule has 1 heterocycles. The maximum atomic E-state index is 11.0. The number of rotatable bonds is 7. The molecule has 0 aliphatic rings. The van der Waals surface area contributed by atoms with E-state index >= 15 is 0 Å². The molecule has 0 saturated heterocycles. The Hall–Kier alpha value is -2.29. The molecule has 102 valence electrons. The van der Waals surface area contributed by atoms with Gasteiger partial charge < -0.3 is 15.2 Å². The van der Waals surface area contributed by atoms with E-state index in [1.165, 1.54) is 0 Å². The van der Waals surface area contributed by atoms with Gasteiger partial charge in [0.25, 0.3) is 0 Å². The van der Waals surface area contributed by atoms with Gasteiger partial charge in [-0.05, 0) is 13.3 Å². The lowest BCUT2D eigenvalue weighted by atomic mass is 10.2. The van der Waals surface area contributed by atoms with Crippen LogP contribution in [0.3, 0.4) is 0 Å². The number of carboxylic acid groups (broad SMARTS) is 1. The average Bonchev–Trinajstić information content (AvgIpc) is 2.35. The van der Waals surface area contributed by atoms with Crippen molar-refractivity contribution in [3.63, 3.8) is 0 Å². The molecule has 0 aliphatic carbocycles. The number of terminal acetylenes is 1. The van der Waals surface area contributed by atoms with Gasteiger partial charge >= 0.3 is 5.97 Å². The largest absolute Gasteiger partial charge is 0.480 e. The van der Waals surface area contributed by atoms with E-state index in [-0.39, 0.29) is 12.4 Å². The zero-order chi connectivity index (χ0) is 14.3. The molecule has 0 aliphatic heterocycles. The van der Waals surface area contributed by atoms with Crippen molar-refractivity contribution >= 4 is 11.9 Å². The Morgan fingerprint density at radius 1 is 1.63 bits per heavy atom. The minimum atomic E-state index is -1.04. The molecule has 1 aromatic heterocycles. The first-order valence-electron chi connectivity index (χ1n) is 5.98. The lowest BCUT2D eigenvalue weighted by Gasteiger charge is -2.13. The van der Waals surface area contributed by atoms with Gasteiger partial charge in [-0.2, -0.15) is 4.98 Å². The van der Waals surface area contributed by atoms with Crippen LogP contribution >= 0.6 is 0 Å². The monoisotopic (exact) mass is 263 g/mol. The van der Waals surface area contributed by atoms with Crippen LogP contribution in [0.4, 0.5) is 5.95 Å². The Bertz CT molecular complexity index is 483. The second-order valence-electron chi connectivity index (χ2n) is 3.96. The van der Waals surface area contributed by atoms with Crippen LogP contribution in [-0.2, 0) is 4.79 Å². The zero-order valence-corrected chi connectivity index (χ0v) is 11.0. The van der Waals surface area contributed by atoms with Gasteiger partial charge in [0.1, 0.15) is 6.04 Å². The van der Waals surface area contributed by atoms with Crippen LogP contribution in [0.15, 0.2) is 6.07 Å². The normalized spacial score (nSPS) is 11.4. The van der Waals surface area contributed by atoms with Gasteiger partial charge in [-0.1, -0.05) is 6.92 Å². The van der Waals surface area contributed by atoms with E-state index < -0.39 is 12.0 Å². The Labute approximate surface area is 112 Å². The van der Waals surface area contributed by atoms with Crippen LogP contribution < -0.4 is 10.1 Å². The third-order valence-electron chi connectivity index (χ3n) is 2.21. The van der Waals surface area contributed by atoms with E-state index in [1.54, 1.807) is 13.0 Å². The van der Waals surface area contributed by atoms with Crippen molar-refractivity contribution in [2.24, 2.45) is 0 Å². The summed E-state index contributed by atoms with van der Waals surface area (Å²) in [6, 6.07) is 0.781. The standard InChI is InChI=1S/C13H17N3O3/c1-4-6-10(12(17)18)15-13-14-9(3)8-11(16-13)19-7-5-2/h1,8,10H,5-7H2,2-3H3,(H,17,18)(H,14,15,16). The van der Waals surface area contributed by atoms with Crippen molar-refractivity contribution in [1.82, 2.24) is 9.97 Å². The molecule has 1 atom stereocenters. The van der Waals surface area contributed by atoms with Crippen LogP contribution in [0.1, 0.15) is 25.5 Å². The molecular formula is C13H17N3O3. The molecular weight excluding hydrogens is 246 g/mol. The Kier molecular flexibility index (Phi) is 5.61. The van der Waals surface area contributed by atoms with Gasteiger partial charge in [0.15, 0.2) is 0 Å². The van der Waals surface area contributed by atoms with E-state index in [2.05, 4.69) is 21.2 Å². The zero-order valence-electron chi connectivity index (χ0n) is 11.0. The highest BCUT2D eigenvalue weighted by Crippen LogP contribution is 2.13. The molecule has 6 nitrogen and oxygen atoms in total. The number of carbonyl (C=O) groups is 1. The highest BCUT2D eigenvalue weighted by molar-refractivity contribution is 5.76. The number of aromatic nitrogens is 2. The number of nitrogens with one attached hydrogen (secondary N) is 1. The van der Waals surface area contributed by atoms with Crippen molar-refractivity contribution in [1.29, 1.82) is 0 Å². The molecule has 6 heteroatoms. The van der Waals surface area contributed by atoms with Gasteiger partial charge in [-0.15, -0.1) is 12.3 Å². The van der Waals surface area contributed by atoms with Crippen molar-refractivity contribution in [2.75, 3.05) is 11.9 Å². The Morgan fingerprint density at radius 2 is 2.37 bits per heavy atom. The Balaban J connectivity index is 2.84. The molecule has 0 spiro atoms. The van der Waals surface area contributed by atoms with E-state index in [4.69, 9.17) is 16.3 Å². The quantitative estimate of drug-likeness (QED) is 0.724. The summed E-state index contributed by atoms with van der Waals surface area (Å²) in [6.45, 7) is 4.31. The number of ether oxygens (including phenoxy) is 1. The van der Waals surface area contributed by atoms with Gasteiger partial charge in [-0.25, -0.2) is 9.78 Å². The first-order valence-corrected chi connectivity index (χ1v) is 5.98. The van der Waals surface area contributed by atoms with E-state index in [1.807, 2.05) is 6.92 Å². The molecule has 1 rings (SSSR count). The number of carboxylic acids is 1. The second-order valence-corrected chi connectivity index (χ2v) is 3.96. The predicted molar refractivity (Wildman–Crippen MR) is 71.1 cm³/mol. The highest BCUT2D eigenvalue weighted by Gasteiger charge is 2.17. The smallest absolute Gasteiger partial charge is 0.327 e. The number of nitrogens with zero attached hydrogens (tertiary/aromatic N) is 2. The van der Waals surface area contributed by atoms with Gasteiger partial charge in [0, 0.05) is 18.2 Å². The fraction of sp³-hybridized carbons (Fsp3) is 0.462. The third-order valence-corrected chi connectivity index (χ3v) is 2.21. The lowest BCUT2D eigenvalue weighted by Crippen LogP contribution is -2.29. The first kappa shape index (κ1) is 14.8. The maximum absolute atomic E-state index is 11.0. The number of aryl methyl sites for hydroxylation is 1. The Morgan fingerprint density at radius 3 is 2.95 bits per heavy atom. The molecule has 0 amide bonds. The van der Waals surface area contributed by atoms with Crippen LogP contribution in [0.5, 0.6) is 5.88 Å². The third kappa shape index (κ3) is 4.84. The fourth-order valence-corrected chi connectivity index (χ4v) is 1.36. The number of aliphatic carboxylic acids is 1. The summed E-state index contributed by atoms with van der Waals surface area (Å²) in [6.07, 6.45) is 6.04. The van der Waals surface area contributed by atoms with Crippen molar-refractivity contribution in [3.8, 4) is 18.2 Å². The van der Waals surface area contributed by atoms with E-state index in [0.717, 1.165) is 6.42 Å². The molecule has 0 saturated carbocycles. The van der Waals surface area contributed by atoms with Crippen LogP contribution in [0.25, 0.3) is 0 Å². The SMILES string of the molecule is C#CCC(Nc1nc(C)cc(OCCC)n1)C(=O)O. The van der Waals surface area contributed by atoms with E-state index in [0.29, 0.717) is 18.2 Å². The summed E-state index contributed by atoms with van der Waals surface area (Å²) < 4.78 is 5.40. The van der Waals surface area contributed by atoms with Crippen LogP contribution in [0, 0.1) is 19.3 Å². The van der Waals surface area contributed by atoms with Crippen molar-refractivity contribution in [3.05, 3.63) is 11.8 Å². The summed E-state index contributed by atoms with van der Waals surface area (Å²) in [7, 11) is 0.